The van der Waals surface area contributed by atoms with Crippen LogP contribution in [0.4, 0.5) is 0 Å². The van der Waals surface area contributed by atoms with E-state index in [1.165, 1.54) is 17.5 Å². The maximum Gasteiger partial charge on any atom is 0.0880 e. The Morgan fingerprint density at radius 2 is 1.75 bits per heavy atom. The van der Waals surface area contributed by atoms with Crippen LogP contribution in [-0.4, -0.2) is 46.6 Å². The number of fused-ring (bicyclic) bond motifs is 1. The molecule has 0 spiro atoms. The molecule has 4 heteroatoms. The van der Waals surface area contributed by atoms with E-state index in [9.17, 15) is 10.2 Å². The molecule has 4 aliphatic rings. The van der Waals surface area contributed by atoms with Gasteiger partial charge < -0.3 is 20.8 Å². The van der Waals surface area contributed by atoms with Gasteiger partial charge in [0.1, 0.15) is 0 Å². The van der Waals surface area contributed by atoms with Crippen LogP contribution in [0.25, 0.3) is 0 Å². The van der Waals surface area contributed by atoms with Crippen LogP contribution >= 0.6 is 0 Å². The maximum absolute atomic E-state index is 11.2. The normalized spacial score (nSPS) is 43.1. The fourth-order valence-electron chi connectivity index (χ4n) is 5.73. The van der Waals surface area contributed by atoms with E-state index in [0.717, 1.165) is 45.2 Å². The number of nitrogens with one attached hydrogen (secondary N) is 2. The van der Waals surface area contributed by atoms with Gasteiger partial charge in [0.25, 0.3) is 0 Å². The molecule has 0 radical (unpaired) electrons. The van der Waals surface area contributed by atoms with Crippen molar-refractivity contribution < 1.29 is 10.2 Å². The second-order valence-corrected chi connectivity index (χ2v) is 8.63. The molecule has 3 unspecified atom stereocenters. The van der Waals surface area contributed by atoms with E-state index >= 15 is 0 Å². The smallest absolute Gasteiger partial charge is 0.0880 e. The Morgan fingerprint density at radius 3 is 2.42 bits per heavy atom. The zero-order chi connectivity index (χ0) is 16.4. The molecular weight excluding hydrogens is 300 g/mol. The minimum absolute atomic E-state index is 0.149. The second kappa shape index (κ2) is 5.28. The molecule has 5 rings (SSSR count). The number of benzene rings is 1. The quantitative estimate of drug-likeness (QED) is 0.668. The summed E-state index contributed by atoms with van der Waals surface area (Å²) in [6.07, 6.45) is 5.73. The summed E-state index contributed by atoms with van der Waals surface area (Å²) < 4.78 is 0. The van der Waals surface area contributed by atoms with E-state index in [0.29, 0.717) is 17.9 Å². The first-order chi connectivity index (χ1) is 11.6. The summed E-state index contributed by atoms with van der Waals surface area (Å²) in [5.41, 5.74) is 1.45. The van der Waals surface area contributed by atoms with Crippen molar-refractivity contribution in [3.63, 3.8) is 0 Å². The lowest BCUT2D eigenvalue weighted by Crippen LogP contribution is -2.48. The van der Waals surface area contributed by atoms with Crippen molar-refractivity contribution in [2.75, 3.05) is 13.1 Å². The van der Waals surface area contributed by atoms with Crippen molar-refractivity contribution in [3.05, 3.63) is 35.4 Å². The monoisotopic (exact) mass is 328 g/mol. The summed E-state index contributed by atoms with van der Waals surface area (Å²) in [5.74, 6) is 0.896. The minimum atomic E-state index is -0.656. The third kappa shape index (κ3) is 2.27. The van der Waals surface area contributed by atoms with Gasteiger partial charge in [-0.2, -0.15) is 0 Å². The van der Waals surface area contributed by atoms with E-state index in [2.05, 4.69) is 34.9 Å². The zero-order valence-electron chi connectivity index (χ0n) is 14.2. The first kappa shape index (κ1) is 15.3. The topological polar surface area (TPSA) is 64.5 Å². The molecule has 0 bridgehead atoms. The number of rotatable bonds is 3. The fourth-order valence-corrected chi connectivity index (χ4v) is 5.73. The Labute approximate surface area is 143 Å². The van der Waals surface area contributed by atoms with Gasteiger partial charge in [-0.25, -0.2) is 0 Å². The van der Waals surface area contributed by atoms with Crippen molar-refractivity contribution in [2.45, 2.75) is 61.8 Å². The summed E-state index contributed by atoms with van der Waals surface area (Å²) in [7, 11) is 0. The molecule has 130 valence electrons. The highest BCUT2D eigenvalue weighted by molar-refractivity contribution is 5.36. The summed E-state index contributed by atoms with van der Waals surface area (Å²) in [5, 5.41) is 29.3. The van der Waals surface area contributed by atoms with E-state index < -0.39 is 11.2 Å². The lowest BCUT2D eigenvalue weighted by Gasteiger charge is -2.30. The lowest BCUT2D eigenvalue weighted by molar-refractivity contribution is 0.0152. The number of hydrogen-bond acceptors (Lipinski definition) is 4. The lowest BCUT2D eigenvalue weighted by atomic mass is 9.85. The largest absolute Gasteiger partial charge is 0.388 e. The molecule has 0 amide bonds. The van der Waals surface area contributed by atoms with Gasteiger partial charge in [0.15, 0.2) is 0 Å². The first-order valence-corrected chi connectivity index (χ1v) is 9.57. The average Bonchev–Trinajstić information content (AvgIpc) is 3.10. The van der Waals surface area contributed by atoms with Gasteiger partial charge in [-0.05, 0) is 61.7 Å². The van der Waals surface area contributed by atoms with Gasteiger partial charge >= 0.3 is 0 Å². The molecular formula is C20H28N2O2. The van der Waals surface area contributed by atoms with Crippen LogP contribution in [-0.2, 0) is 12.8 Å². The zero-order valence-corrected chi connectivity index (χ0v) is 14.2. The molecule has 1 saturated carbocycles. The van der Waals surface area contributed by atoms with Gasteiger partial charge in [0.05, 0.1) is 11.2 Å². The van der Waals surface area contributed by atoms with Crippen molar-refractivity contribution >= 4 is 0 Å². The van der Waals surface area contributed by atoms with Crippen LogP contribution in [0.15, 0.2) is 24.3 Å². The molecule has 24 heavy (non-hydrogen) atoms. The van der Waals surface area contributed by atoms with Crippen LogP contribution in [0, 0.1) is 11.8 Å². The molecule has 2 aliphatic carbocycles. The Hall–Kier alpha value is -0.940. The highest BCUT2D eigenvalue weighted by Gasteiger charge is 2.62. The summed E-state index contributed by atoms with van der Waals surface area (Å²) >= 11 is 0. The standard InChI is InChI=1S/C20H28N2O2/c23-19(9-13-4-1-2-5-14(13)10-19)18-8-15(12-22-18)16-11-20(16,24)17-6-3-7-21-17/h1-2,4-5,15-18,21-24H,3,6-12H2/t15?,16?,17-,18-,20?/m0/s1. The van der Waals surface area contributed by atoms with Gasteiger partial charge in [0.2, 0.25) is 0 Å². The van der Waals surface area contributed by atoms with Crippen LogP contribution in [0.1, 0.15) is 36.8 Å². The van der Waals surface area contributed by atoms with Gasteiger partial charge in [-0.1, -0.05) is 24.3 Å². The molecule has 0 aromatic heterocycles. The minimum Gasteiger partial charge on any atom is -0.388 e. The molecule has 2 saturated heterocycles. The SMILES string of the molecule is OC1([C@@H]2CC(C3CC3(O)[C@@H]3CCCN3)CN2)Cc2ccccc2C1. The molecule has 1 aromatic carbocycles. The maximum atomic E-state index is 11.2. The van der Waals surface area contributed by atoms with Crippen LogP contribution in [0.3, 0.4) is 0 Å². The number of aliphatic hydroxyl groups is 2. The van der Waals surface area contributed by atoms with E-state index in [4.69, 9.17) is 0 Å². The molecule has 2 heterocycles. The third-order valence-corrected chi connectivity index (χ3v) is 7.19. The molecule has 4 N–H and O–H groups in total. The average molecular weight is 328 g/mol. The van der Waals surface area contributed by atoms with Crippen molar-refractivity contribution in [2.24, 2.45) is 11.8 Å². The third-order valence-electron chi connectivity index (χ3n) is 7.19. The predicted molar refractivity (Wildman–Crippen MR) is 92.8 cm³/mol. The molecule has 1 aromatic rings. The van der Waals surface area contributed by atoms with Crippen LogP contribution in [0.5, 0.6) is 0 Å². The van der Waals surface area contributed by atoms with Gasteiger partial charge in [-0.3, -0.25) is 0 Å². The van der Waals surface area contributed by atoms with Gasteiger partial charge in [0, 0.05) is 24.9 Å². The van der Waals surface area contributed by atoms with E-state index in [-0.39, 0.29) is 6.04 Å². The van der Waals surface area contributed by atoms with Crippen molar-refractivity contribution in [1.82, 2.24) is 10.6 Å². The van der Waals surface area contributed by atoms with Crippen molar-refractivity contribution in [1.29, 1.82) is 0 Å². The highest BCUT2D eigenvalue weighted by Crippen LogP contribution is 2.54. The fraction of sp³-hybridized carbons (Fsp3) is 0.700. The number of hydrogen-bond donors (Lipinski definition) is 4. The predicted octanol–water partition coefficient (Wildman–Crippen LogP) is 0.997. The second-order valence-electron chi connectivity index (χ2n) is 8.63. The highest BCUT2D eigenvalue weighted by atomic mass is 16.3. The van der Waals surface area contributed by atoms with E-state index in [1.54, 1.807) is 0 Å². The van der Waals surface area contributed by atoms with Crippen molar-refractivity contribution in [3.8, 4) is 0 Å². The Bertz CT molecular complexity index is 617. The summed E-state index contributed by atoms with van der Waals surface area (Å²) in [6, 6.07) is 8.86. The summed E-state index contributed by atoms with van der Waals surface area (Å²) in [4.78, 5) is 0. The Morgan fingerprint density at radius 1 is 1.00 bits per heavy atom. The molecule has 5 atom stereocenters. The first-order valence-electron chi connectivity index (χ1n) is 9.57. The molecule has 4 nitrogen and oxygen atoms in total. The van der Waals surface area contributed by atoms with E-state index in [1.807, 2.05) is 0 Å². The Balaban J connectivity index is 1.26. The van der Waals surface area contributed by atoms with Crippen LogP contribution < -0.4 is 10.6 Å². The summed E-state index contributed by atoms with van der Waals surface area (Å²) in [6.45, 7) is 1.98. The van der Waals surface area contributed by atoms with Crippen LogP contribution in [0.2, 0.25) is 0 Å². The molecule has 3 fully saturated rings. The Kier molecular flexibility index (Phi) is 3.37. The molecule has 2 aliphatic heterocycles. The van der Waals surface area contributed by atoms with Gasteiger partial charge in [-0.15, -0.1) is 0 Å².